The van der Waals surface area contributed by atoms with E-state index >= 15 is 0 Å². The SMILES string of the molecule is CCCOC(=O)Oc1c[nH]c2c(=O)[nH]c3cc(F)c(S(=O)(=O)N(CCO)C(C)C)cc3c12. The van der Waals surface area contributed by atoms with Gasteiger partial charge in [0.15, 0.2) is 5.75 Å². The van der Waals surface area contributed by atoms with E-state index in [1.807, 2.05) is 0 Å². The molecule has 0 saturated heterocycles. The second kappa shape index (κ2) is 9.27. The average molecular weight is 469 g/mol. The number of aliphatic hydroxyl groups excluding tert-OH is 1. The van der Waals surface area contributed by atoms with Crippen molar-refractivity contribution in [1.29, 1.82) is 0 Å². The zero-order valence-corrected chi connectivity index (χ0v) is 18.6. The van der Waals surface area contributed by atoms with E-state index in [1.54, 1.807) is 20.8 Å². The maximum absolute atomic E-state index is 14.9. The summed E-state index contributed by atoms with van der Waals surface area (Å²) in [5.74, 6) is -1.14. The predicted molar refractivity (Wildman–Crippen MR) is 115 cm³/mol. The number of nitrogens with zero attached hydrogens (tertiary/aromatic N) is 1. The summed E-state index contributed by atoms with van der Waals surface area (Å²) in [7, 11) is -4.33. The number of ether oxygens (including phenoxy) is 2. The Bertz CT molecular complexity index is 1310. The number of aromatic amines is 2. The number of pyridine rings is 1. The molecule has 0 unspecified atom stereocenters. The lowest BCUT2D eigenvalue weighted by molar-refractivity contribution is 0.0997. The summed E-state index contributed by atoms with van der Waals surface area (Å²) in [6.07, 6.45) is 0.841. The van der Waals surface area contributed by atoms with Crippen molar-refractivity contribution >= 4 is 38.0 Å². The standard InChI is InChI=1S/C20H24FN3O7S/c1-4-7-30-20(27)31-15-10-22-18-17(15)12-8-16(13(21)9-14(12)23-19(18)26)32(28,29)24(5-6-25)11(2)3/h8-11,22,25H,4-7H2,1-3H3,(H,23,26). The summed E-state index contributed by atoms with van der Waals surface area (Å²) in [6.45, 7) is 4.47. The van der Waals surface area contributed by atoms with Gasteiger partial charge >= 0.3 is 6.16 Å². The number of carbonyl (C=O) groups excluding carboxylic acids is 1. The second-order valence-electron chi connectivity index (χ2n) is 7.32. The summed E-state index contributed by atoms with van der Waals surface area (Å²) >= 11 is 0. The quantitative estimate of drug-likeness (QED) is 0.430. The largest absolute Gasteiger partial charge is 0.513 e. The van der Waals surface area contributed by atoms with Gasteiger partial charge in [-0.2, -0.15) is 4.31 Å². The van der Waals surface area contributed by atoms with Crippen molar-refractivity contribution in [2.45, 2.75) is 38.1 Å². The average Bonchev–Trinajstić information content (AvgIpc) is 3.14. The number of fused-ring (bicyclic) bond motifs is 3. The lowest BCUT2D eigenvalue weighted by atomic mass is 10.1. The first-order valence-electron chi connectivity index (χ1n) is 9.95. The van der Waals surface area contributed by atoms with Gasteiger partial charge in [0.2, 0.25) is 10.0 Å². The molecule has 0 aliphatic heterocycles. The van der Waals surface area contributed by atoms with Gasteiger partial charge in [-0.15, -0.1) is 0 Å². The third kappa shape index (κ3) is 4.33. The molecule has 0 saturated carbocycles. The predicted octanol–water partition coefficient (Wildman–Crippen LogP) is 2.47. The molecule has 0 aliphatic carbocycles. The van der Waals surface area contributed by atoms with Gasteiger partial charge in [0, 0.05) is 24.2 Å². The van der Waals surface area contributed by atoms with E-state index in [1.165, 1.54) is 6.20 Å². The summed E-state index contributed by atoms with van der Waals surface area (Å²) in [6, 6.07) is 1.42. The van der Waals surface area contributed by atoms with Gasteiger partial charge in [0.05, 0.1) is 24.1 Å². The lowest BCUT2D eigenvalue weighted by Gasteiger charge is -2.25. The van der Waals surface area contributed by atoms with Gasteiger partial charge in [0.25, 0.3) is 5.56 Å². The first-order chi connectivity index (χ1) is 15.1. The second-order valence-corrected chi connectivity index (χ2v) is 9.18. The molecule has 0 atom stereocenters. The number of aromatic nitrogens is 2. The molecule has 3 aromatic rings. The number of rotatable bonds is 8. The normalized spacial score (nSPS) is 12.2. The minimum absolute atomic E-state index is 0.0156. The smallest absolute Gasteiger partial charge is 0.434 e. The van der Waals surface area contributed by atoms with Crippen molar-refractivity contribution in [2.75, 3.05) is 19.8 Å². The van der Waals surface area contributed by atoms with Crippen molar-refractivity contribution in [3.8, 4) is 5.75 Å². The summed E-state index contributed by atoms with van der Waals surface area (Å²) in [4.78, 5) is 28.9. The van der Waals surface area contributed by atoms with E-state index in [4.69, 9.17) is 9.47 Å². The molecule has 0 amide bonds. The Labute approximate surface area is 183 Å². The Balaban J connectivity index is 2.24. The highest BCUT2D eigenvalue weighted by atomic mass is 32.2. The molecule has 0 spiro atoms. The molecular weight excluding hydrogens is 445 g/mol. The van der Waals surface area contributed by atoms with E-state index in [0.717, 1.165) is 16.4 Å². The van der Waals surface area contributed by atoms with Crippen LogP contribution in [0.2, 0.25) is 0 Å². The molecular formula is C20H24FN3O7S. The van der Waals surface area contributed by atoms with Crippen LogP contribution in [-0.2, 0) is 14.8 Å². The number of benzene rings is 1. The molecule has 174 valence electrons. The highest BCUT2D eigenvalue weighted by molar-refractivity contribution is 7.89. The van der Waals surface area contributed by atoms with Crippen LogP contribution in [0.25, 0.3) is 21.8 Å². The molecule has 10 nitrogen and oxygen atoms in total. The minimum atomic E-state index is -4.33. The van der Waals surface area contributed by atoms with E-state index in [0.29, 0.717) is 6.42 Å². The van der Waals surface area contributed by atoms with Crippen molar-refractivity contribution in [1.82, 2.24) is 14.3 Å². The van der Waals surface area contributed by atoms with Crippen LogP contribution >= 0.6 is 0 Å². The van der Waals surface area contributed by atoms with E-state index in [2.05, 4.69) is 9.97 Å². The van der Waals surface area contributed by atoms with Crippen LogP contribution in [0.3, 0.4) is 0 Å². The number of carbonyl (C=O) groups is 1. The van der Waals surface area contributed by atoms with Crippen molar-refractivity contribution in [2.24, 2.45) is 0 Å². The van der Waals surface area contributed by atoms with E-state index in [9.17, 15) is 27.5 Å². The minimum Gasteiger partial charge on any atom is -0.434 e. The molecule has 3 N–H and O–H groups in total. The number of H-pyrrole nitrogens is 2. The molecule has 0 fully saturated rings. The Hall–Kier alpha value is -2.96. The van der Waals surface area contributed by atoms with E-state index in [-0.39, 0.29) is 40.7 Å². The molecule has 1 aromatic carbocycles. The van der Waals surface area contributed by atoms with Crippen LogP contribution in [0.5, 0.6) is 5.75 Å². The highest BCUT2D eigenvalue weighted by Crippen LogP contribution is 2.33. The fourth-order valence-corrected chi connectivity index (χ4v) is 5.07. The third-order valence-corrected chi connectivity index (χ3v) is 6.85. The third-order valence-electron chi connectivity index (χ3n) is 4.76. The van der Waals surface area contributed by atoms with Crippen molar-refractivity contribution in [3.05, 3.63) is 34.5 Å². The first-order valence-corrected chi connectivity index (χ1v) is 11.4. The fraction of sp³-hybridized carbons (Fsp3) is 0.400. The Kier molecular flexibility index (Phi) is 6.86. The van der Waals surface area contributed by atoms with Crippen LogP contribution in [0.1, 0.15) is 27.2 Å². The number of halogens is 1. The van der Waals surface area contributed by atoms with Crippen LogP contribution in [0.15, 0.2) is 28.0 Å². The first kappa shape index (κ1) is 23.7. The summed E-state index contributed by atoms with van der Waals surface area (Å²) < 4.78 is 52.2. The van der Waals surface area contributed by atoms with Crippen molar-refractivity contribution < 1.29 is 32.2 Å². The maximum atomic E-state index is 14.9. The van der Waals surface area contributed by atoms with Gasteiger partial charge in [-0.25, -0.2) is 17.6 Å². The number of hydrogen-bond acceptors (Lipinski definition) is 7. The van der Waals surface area contributed by atoms with Crippen LogP contribution in [0, 0.1) is 5.82 Å². The zero-order valence-electron chi connectivity index (χ0n) is 17.8. The monoisotopic (exact) mass is 469 g/mol. The Morgan fingerprint density at radius 3 is 2.66 bits per heavy atom. The van der Waals surface area contributed by atoms with E-state index < -0.39 is 45.1 Å². The molecule has 2 heterocycles. The van der Waals surface area contributed by atoms with Gasteiger partial charge in [-0.3, -0.25) is 4.79 Å². The maximum Gasteiger partial charge on any atom is 0.513 e. The van der Waals surface area contributed by atoms with Crippen LogP contribution < -0.4 is 10.3 Å². The Morgan fingerprint density at radius 1 is 1.31 bits per heavy atom. The molecule has 32 heavy (non-hydrogen) atoms. The van der Waals surface area contributed by atoms with Gasteiger partial charge in [-0.05, 0) is 32.4 Å². The van der Waals surface area contributed by atoms with Crippen LogP contribution in [-0.4, -0.2) is 59.8 Å². The van der Waals surface area contributed by atoms with Gasteiger partial charge in [0.1, 0.15) is 16.2 Å². The lowest BCUT2D eigenvalue weighted by Crippen LogP contribution is -2.39. The van der Waals surface area contributed by atoms with Gasteiger partial charge in [-0.1, -0.05) is 6.92 Å². The molecule has 2 aromatic heterocycles. The number of hydrogen-bond donors (Lipinski definition) is 3. The molecule has 12 heteroatoms. The van der Waals surface area contributed by atoms with Gasteiger partial charge < -0.3 is 24.5 Å². The molecule has 0 bridgehead atoms. The fourth-order valence-electron chi connectivity index (χ4n) is 3.36. The summed E-state index contributed by atoms with van der Waals surface area (Å²) in [5, 5.41) is 9.51. The molecule has 0 aliphatic rings. The topological polar surface area (TPSA) is 142 Å². The summed E-state index contributed by atoms with van der Waals surface area (Å²) in [5.41, 5.74) is -0.575. The number of sulfonamides is 1. The Morgan fingerprint density at radius 2 is 2.03 bits per heavy atom. The molecule has 0 radical (unpaired) electrons. The highest BCUT2D eigenvalue weighted by Gasteiger charge is 2.30. The zero-order chi connectivity index (χ0) is 23.6. The number of aliphatic hydroxyl groups is 1. The van der Waals surface area contributed by atoms with Crippen LogP contribution in [0.4, 0.5) is 9.18 Å². The number of nitrogens with one attached hydrogen (secondary N) is 2. The molecule has 3 rings (SSSR count). The van der Waals surface area contributed by atoms with Crippen molar-refractivity contribution in [3.63, 3.8) is 0 Å².